The number of amides is 1. The average Bonchev–Trinajstić information content (AvgIpc) is 3.05. The van der Waals surface area contributed by atoms with Gasteiger partial charge in [0.15, 0.2) is 11.4 Å². The van der Waals surface area contributed by atoms with E-state index in [4.69, 9.17) is 5.73 Å². The first-order chi connectivity index (χ1) is 23.8. The SMILES string of the molecule is COC(=O)CCC(=O)CN(C)[C@@H]1C(=O)C(C(N)=O)=C(O)[C@@]2(O)C(=O)C3=C(O)c4c(ccc(CN5CCC(C(F)(F)F)CC5)c4O)[C@H](C)[C@H]3[C@H](O)[C@@H]12. The van der Waals surface area contributed by atoms with Gasteiger partial charge in [-0.05, 0) is 44.5 Å². The minimum absolute atomic E-state index is 0.00662. The zero-order valence-corrected chi connectivity index (χ0v) is 28.1. The second-order valence-corrected chi connectivity index (χ2v) is 13.7. The van der Waals surface area contributed by atoms with Gasteiger partial charge in [0.1, 0.15) is 28.6 Å². The van der Waals surface area contributed by atoms with Crippen molar-refractivity contribution >= 4 is 35.0 Å². The minimum Gasteiger partial charge on any atom is -0.508 e. The summed E-state index contributed by atoms with van der Waals surface area (Å²) in [4.78, 5) is 67.7. The Balaban J connectivity index is 1.55. The van der Waals surface area contributed by atoms with E-state index in [1.54, 1.807) is 11.8 Å². The third-order valence-electron chi connectivity index (χ3n) is 10.8. The van der Waals surface area contributed by atoms with Crippen LogP contribution in [0.15, 0.2) is 29.0 Å². The molecule has 0 unspecified atom stereocenters. The lowest BCUT2D eigenvalue weighted by Gasteiger charge is -2.54. The number of methoxy groups -OCH3 is 1. The van der Waals surface area contributed by atoms with Crippen molar-refractivity contribution in [2.45, 2.75) is 69.0 Å². The highest BCUT2D eigenvalue weighted by Crippen LogP contribution is 2.56. The van der Waals surface area contributed by atoms with Crippen molar-refractivity contribution in [1.82, 2.24) is 9.80 Å². The van der Waals surface area contributed by atoms with Crippen molar-refractivity contribution in [3.05, 3.63) is 45.7 Å². The van der Waals surface area contributed by atoms with Gasteiger partial charge in [-0.1, -0.05) is 19.1 Å². The lowest BCUT2D eigenvalue weighted by molar-refractivity contribution is -0.185. The number of ether oxygens (including phenoxy) is 1. The van der Waals surface area contributed by atoms with E-state index in [0.717, 1.165) is 12.0 Å². The molecule has 17 heteroatoms. The zero-order valence-electron chi connectivity index (χ0n) is 28.1. The van der Waals surface area contributed by atoms with Crippen LogP contribution in [0.1, 0.15) is 55.2 Å². The van der Waals surface area contributed by atoms with Crippen molar-refractivity contribution < 1.29 is 67.4 Å². The number of likely N-dealkylation sites (N-methyl/N-ethyl adjacent to an activating group) is 1. The second-order valence-electron chi connectivity index (χ2n) is 13.7. The Morgan fingerprint density at radius 1 is 1.10 bits per heavy atom. The molecule has 278 valence electrons. The number of piperidine rings is 1. The number of carbonyl (C=O) groups excluding carboxylic acids is 5. The van der Waals surface area contributed by atoms with Crippen molar-refractivity contribution in [3.8, 4) is 5.75 Å². The summed E-state index contributed by atoms with van der Waals surface area (Å²) in [6.07, 6.45) is -7.10. The van der Waals surface area contributed by atoms with Crippen LogP contribution in [0.25, 0.3) is 5.76 Å². The molecule has 51 heavy (non-hydrogen) atoms. The molecule has 1 aromatic carbocycles. The Bertz CT molecular complexity index is 1730. The number of carbonyl (C=O) groups is 5. The number of hydrogen-bond donors (Lipinski definition) is 6. The first-order valence-electron chi connectivity index (χ1n) is 16.4. The molecule has 4 aliphatic rings. The summed E-state index contributed by atoms with van der Waals surface area (Å²) in [5, 5.41) is 58.2. The summed E-state index contributed by atoms with van der Waals surface area (Å²) in [6, 6.07) is 1.25. The molecular formula is C34H40F3N3O11. The number of halogens is 3. The van der Waals surface area contributed by atoms with E-state index in [2.05, 4.69) is 4.74 Å². The van der Waals surface area contributed by atoms with Gasteiger partial charge in [-0.3, -0.25) is 33.8 Å². The Morgan fingerprint density at radius 2 is 1.73 bits per heavy atom. The Hall–Kier alpha value is -4.32. The lowest BCUT2D eigenvalue weighted by atomic mass is 9.54. The van der Waals surface area contributed by atoms with Crippen LogP contribution in [0.5, 0.6) is 5.75 Å². The van der Waals surface area contributed by atoms with Gasteiger partial charge in [0.25, 0.3) is 5.91 Å². The number of aliphatic hydroxyl groups is 4. The zero-order chi connectivity index (χ0) is 37.9. The lowest BCUT2D eigenvalue weighted by Crippen LogP contribution is -2.71. The topological polar surface area (TPSA) is 228 Å². The predicted octanol–water partition coefficient (Wildman–Crippen LogP) is 1.16. The van der Waals surface area contributed by atoms with Crippen molar-refractivity contribution in [3.63, 3.8) is 0 Å². The number of phenolic OH excluding ortho intramolecular Hbond substituents is 1. The summed E-state index contributed by atoms with van der Waals surface area (Å²) in [7, 11) is 2.37. The fourth-order valence-electron chi connectivity index (χ4n) is 8.16. The van der Waals surface area contributed by atoms with Crippen LogP contribution < -0.4 is 5.73 Å². The molecule has 7 N–H and O–H groups in total. The number of esters is 1. The van der Waals surface area contributed by atoms with E-state index in [0.29, 0.717) is 0 Å². The van der Waals surface area contributed by atoms with Crippen LogP contribution >= 0.6 is 0 Å². The molecule has 1 saturated carbocycles. The van der Waals surface area contributed by atoms with E-state index in [-0.39, 0.29) is 62.0 Å². The molecule has 5 rings (SSSR count). The molecule has 0 spiro atoms. The Labute approximate surface area is 289 Å². The molecule has 6 atom stereocenters. The number of fused-ring (bicyclic) bond motifs is 3. The van der Waals surface area contributed by atoms with E-state index in [9.17, 15) is 62.7 Å². The van der Waals surface area contributed by atoms with Gasteiger partial charge in [-0.25, -0.2) is 0 Å². The van der Waals surface area contributed by atoms with Gasteiger partial charge in [0, 0.05) is 30.0 Å². The molecule has 1 aliphatic heterocycles. The molecule has 14 nitrogen and oxygen atoms in total. The number of primary amides is 1. The van der Waals surface area contributed by atoms with Crippen molar-refractivity contribution in [1.29, 1.82) is 0 Å². The third kappa shape index (κ3) is 6.29. The van der Waals surface area contributed by atoms with Crippen LogP contribution in [-0.2, 0) is 35.3 Å². The fraction of sp³-hybridized carbons (Fsp3) is 0.559. The molecule has 2 fully saturated rings. The summed E-state index contributed by atoms with van der Waals surface area (Å²) in [6.45, 7) is 1.18. The molecule has 1 amide bonds. The number of rotatable bonds is 9. The Morgan fingerprint density at radius 3 is 2.29 bits per heavy atom. The summed E-state index contributed by atoms with van der Waals surface area (Å²) in [5.41, 5.74) is 0.665. The van der Waals surface area contributed by atoms with E-state index >= 15 is 0 Å². The molecule has 1 aromatic rings. The molecule has 3 aliphatic carbocycles. The number of benzene rings is 1. The number of phenols is 1. The van der Waals surface area contributed by atoms with Crippen LogP contribution in [0, 0.1) is 17.8 Å². The maximum atomic E-state index is 14.4. The van der Waals surface area contributed by atoms with Crippen LogP contribution in [0.2, 0.25) is 0 Å². The maximum Gasteiger partial charge on any atom is 0.391 e. The minimum atomic E-state index is -4.32. The first-order valence-corrected chi connectivity index (χ1v) is 16.4. The van der Waals surface area contributed by atoms with Crippen LogP contribution in [0.3, 0.4) is 0 Å². The quantitative estimate of drug-likeness (QED) is 0.156. The number of Topliss-reactive ketones (excluding diaryl/α,β-unsaturated/α-hetero) is 3. The van der Waals surface area contributed by atoms with Gasteiger partial charge >= 0.3 is 12.1 Å². The maximum absolute atomic E-state index is 14.4. The number of aromatic hydroxyl groups is 1. The van der Waals surface area contributed by atoms with Gasteiger partial charge in [0.2, 0.25) is 5.78 Å². The average molecular weight is 724 g/mol. The highest BCUT2D eigenvalue weighted by Gasteiger charge is 2.68. The second kappa shape index (κ2) is 13.7. The monoisotopic (exact) mass is 723 g/mol. The molecule has 0 radical (unpaired) electrons. The molecule has 0 aromatic heterocycles. The largest absolute Gasteiger partial charge is 0.508 e. The van der Waals surface area contributed by atoms with Gasteiger partial charge in [-0.2, -0.15) is 13.2 Å². The van der Waals surface area contributed by atoms with Crippen molar-refractivity contribution in [2.75, 3.05) is 33.8 Å². The van der Waals surface area contributed by atoms with Crippen molar-refractivity contribution in [2.24, 2.45) is 23.5 Å². The normalized spacial score (nSPS) is 28.8. The van der Waals surface area contributed by atoms with Gasteiger partial charge in [-0.15, -0.1) is 0 Å². The van der Waals surface area contributed by atoms with Crippen LogP contribution in [-0.4, -0.2) is 122 Å². The molecule has 1 saturated heterocycles. The number of likely N-dealkylation sites (tertiary alicyclic amines) is 1. The van der Waals surface area contributed by atoms with Gasteiger partial charge < -0.3 is 36.0 Å². The predicted molar refractivity (Wildman–Crippen MR) is 170 cm³/mol. The highest BCUT2D eigenvalue weighted by molar-refractivity contribution is 6.24. The number of hydrogen-bond acceptors (Lipinski definition) is 13. The van der Waals surface area contributed by atoms with Gasteiger partial charge in [0.05, 0.1) is 49.6 Å². The third-order valence-corrected chi connectivity index (χ3v) is 10.8. The molecular weight excluding hydrogens is 683 g/mol. The molecule has 1 heterocycles. The summed E-state index contributed by atoms with van der Waals surface area (Å²) >= 11 is 0. The van der Waals surface area contributed by atoms with E-state index < -0.39 is 112 Å². The number of ketones is 3. The Kier molecular flexibility index (Phi) is 10.2. The summed E-state index contributed by atoms with van der Waals surface area (Å²) < 4.78 is 44.1. The molecule has 0 bridgehead atoms. The number of nitrogens with two attached hydrogens (primary N) is 1. The highest BCUT2D eigenvalue weighted by atomic mass is 19.4. The number of aliphatic hydroxyl groups excluding tert-OH is 3. The van der Waals surface area contributed by atoms with E-state index in [1.807, 2.05) is 0 Å². The first kappa shape index (κ1) is 37.9. The fourth-order valence-corrected chi connectivity index (χ4v) is 8.16. The standard InChI is InChI=1S/C34H40F3N3O11/c1-14-18-6-4-15(12-40-10-8-16(9-11-40)34(35,36)37)26(43)21(18)27(44)22-20(14)28(45)24-25(39(2)13-17(41)5-7-19(42)51-3)29(46)23(32(38)49)31(48)33(24,50)30(22)47/h4,6,14,16,20,24-25,28,43-45,48,50H,5,7-13H2,1-3H3,(H2,38,49)/t14-,20+,24+,25-,28-,33-/m0/s1. The van der Waals surface area contributed by atoms with E-state index in [1.165, 1.54) is 19.2 Å². The van der Waals surface area contributed by atoms with Crippen LogP contribution in [0.4, 0.5) is 13.2 Å². The number of nitrogens with zero attached hydrogens (tertiary/aromatic N) is 2. The smallest absolute Gasteiger partial charge is 0.391 e. The number of alkyl halides is 3. The summed E-state index contributed by atoms with van der Waals surface area (Å²) in [5.74, 6) is -13.7.